The molecule has 2 saturated carbocycles. The molecule has 0 radical (unpaired) electrons. The number of carbonyl (C=O) groups excluding carboxylic acids is 2. The molecule has 2 unspecified atom stereocenters. The summed E-state index contributed by atoms with van der Waals surface area (Å²) in [5.74, 6) is 0.557. The van der Waals surface area contributed by atoms with E-state index >= 15 is 0 Å². The quantitative estimate of drug-likeness (QED) is 0.663. The molecule has 2 atom stereocenters. The van der Waals surface area contributed by atoms with Crippen LogP contribution in [-0.2, 0) is 11.0 Å². The molecule has 174 valence electrons. The Morgan fingerprint density at radius 2 is 1.76 bits per heavy atom. The maximum Gasteiger partial charge on any atom is 0.418 e. The molecule has 2 amide bonds. The van der Waals surface area contributed by atoms with Crippen molar-refractivity contribution in [2.24, 2.45) is 23.7 Å². The zero-order valence-corrected chi connectivity index (χ0v) is 17.8. The number of para-hydroxylation sites is 1. The first-order chi connectivity index (χ1) is 15.8. The van der Waals surface area contributed by atoms with Crippen LogP contribution in [0.25, 0.3) is 0 Å². The van der Waals surface area contributed by atoms with Crippen LogP contribution in [-0.4, -0.2) is 41.6 Å². The molecule has 2 aromatic rings. The first kappa shape index (κ1) is 21.7. The van der Waals surface area contributed by atoms with Crippen LogP contribution in [0.5, 0.6) is 0 Å². The Hall–Kier alpha value is -3.17. The fraction of sp³-hybridized carbons (Fsp3) is 0.478. The zero-order valence-electron chi connectivity index (χ0n) is 17.8. The number of nitrogens with zero attached hydrogens (tertiary/aromatic N) is 3. The van der Waals surface area contributed by atoms with Crippen molar-refractivity contribution in [2.75, 3.05) is 29.9 Å². The number of alkyl halides is 3. The third kappa shape index (κ3) is 4.65. The monoisotopic (exact) mass is 459 g/mol. The Labute approximate surface area is 188 Å². The van der Waals surface area contributed by atoms with Gasteiger partial charge >= 0.3 is 6.18 Å². The van der Waals surface area contributed by atoms with Crippen molar-refractivity contribution in [1.29, 1.82) is 0 Å². The molecule has 2 N–H and O–H groups in total. The average molecular weight is 459 g/mol. The minimum atomic E-state index is -4.53. The van der Waals surface area contributed by atoms with E-state index in [4.69, 9.17) is 0 Å². The molecule has 1 aliphatic heterocycles. The summed E-state index contributed by atoms with van der Waals surface area (Å²) in [5, 5.41) is 13.5. The van der Waals surface area contributed by atoms with Gasteiger partial charge in [-0.3, -0.25) is 9.59 Å². The average Bonchev–Trinajstić information content (AvgIpc) is 3.70. The van der Waals surface area contributed by atoms with Gasteiger partial charge in [0.25, 0.3) is 5.91 Å². The van der Waals surface area contributed by atoms with Gasteiger partial charge < -0.3 is 15.5 Å². The van der Waals surface area contributed by atoms with Gasteiger partial charge in [0.15, 0.2) is 11.5 Å². The number of hydrogen-bond acceptors (Lipinski definition) is 5. The molecule has 1 saturated heterocycles. The van der Waals surface area contributed by atoms with E-state index in [0.717, 1.165) is 18.4 Å². The van der Waals surface area contributed by atoms with Crippen LogP contribution in [0.2, 0.25) is 0 Å². The highest BCUT2D eigenvalue weighted by molar-refractivity contribution is 5.96. The number of halogens is 3. The Balaban J connectivity index is 1.13. The largest absolute Gasteiger partial charge is 0.418 e. The molecule has 2 heterocycles. The number of amides is 2. The molecule has 3 fully saturated rings. The van der Waals surface area contributed by atoms with Gasteiger partial charge in [-0.1, -0.05) is 25.0 Å². The third-order valence-corrected chi connectivity index (χ3v) is 6.73. The van der Waals surface area contributed by atoms with Crippen molar-refractivity contribution in [3.8, 4) is 0 Å². The molecule has 3 aliphatic rings. The number of aromatic nitrogens is 2. The van der Waals surface area contributed by atoms with E-state index in [1.165, 1.54) is 31.0 Å². The van der Waals surface area contributed by atoms with E-state index in [1.54, 1.807) is 12.1 Å². The highest BCUT2D eigenvalue weighted by Gasteiger charge is 2.59. The van der Waals surface area contributed by atoms with Gasteiger partial charge in [0.1, 0.15) is 0 Å². The van der Waals surface area contributed by atoms with E-state index in [0.29, 0.717) is 25.5 Å². The van der Waals surface area contributed by atoms with E-state index in [2.05, 4.69) is 20.8 Å². The number of nitrogens with one attached hydrogen (secondary N) is 2. The lowest BCUT2D eigenvalue weighted by Gasteiger charge is -2.20. The lowest BCUT2D eigenvalue weighted by molar-refractivity contribution is -0.137. The molecule has 0 bridgehead atoms. The van der Waals surface area contributed by atoms with Gasteiger partial charge in [-0.05, 0) is 48.4 Å². The molecule has 1 aromatic heterocycles. The standard InChI is InChI=1S/C23H24F3N5O2/c24-23(25,26)16-3-1-2-4-17(16)28-22(33)20-14-11-31(12-15(14)20)19-8-7-18(29-30-19)21(32)27-10-9-13-5-6-13/h1-4,7-8,13-15,20H,5-6,9-12H2,(H,27,32)(H,28,33). The van der Waals surface area contributed by atoms with Crippen LogP contribution in [0.15, 0.2) is 36.4 Å². The molecule has 10 heteroatoms. The second-order valence-corrected chi connectivity index (χ2v) is 9.06. The molecular weight excluding hydrogens is 435 g/mol. The van der Waals surface area contributed by atoms with Crippen LogP contribution in [0.3, 0.4) is 0 Å². The van der Waals surface area contributed by atoms with Crippen LogP contribution < -0.4 is 15.5 Å². The molecule has 5 rings (SSSR count). The summed E-state index contributed by atoms with van der Waals surface area (Å²) in [7, 11) is 0. The van der Waals surface area contributed by atoms with Crippen molar-refractivity contribution in [1.82, 2.24) is 15.5 Å². The fourth-order valence-corrected chi connectivity index (χ4v) is 4.66. The van der Waals surface area contributed by atoms with Crippen LogP contribution in [0, 0.1) is 23.7 Å². The lowest BCUT2D eigenvalue weighted by atomic mass is 10.1. The Bertz CT molecular complexity index is 1040. The van der Waals surface area contributed by atoms with Gasteiger partial charge in [0.05, 0.1) is 11.3 Å². The Kier molecular flexibility index (Phi) is 5.46. The van der Waals surface area contributed by atoms with Crippen LogP contribution >= 0.6 is 0 Å². The molecule has 2 aliphatic carbocycles. The van der Waals surface area contributed by atoms with Crippen molar-refractivity contribution in [3.05, 3.63) is 47.7 Å². The first-order valence-electron chi connectivity index (χ1n) is 11.1. The van der Waals surface area contributed by atoms with E-state index in [9.17, 15) is 22.8 Å². The molecule has 7 nitrogen and oxygen atoms in total. The number of carbonyl (C=O) groups is 2. The second-order valence-electron chi connectivity index (χ2n) is 9.06. The summed E-state index contributed by atoms with van der Waals surface area (Å²) in [4.78, 5) is 26.7. The maximum atomic E-state index is 13.2. The van der Waals surface area contributed by atoms with E-state index < -0.39 is 11.7 Å². The second kappa shape index (κ2) is 8.31. The normalized spacial score (nSPS) is 23.7. The Morgan fingerprint density at radius 3 is 2.39 bits per heavy atom. The zero-order chi connectivity index (χ0) is 23.2. The number of piperidine rings is 1. The SMILES string of the molecule is O=C(NCCC1CC1)c1ccc(N2CC3C(C2)C3C(=O)Nc2ccccc2C(F)(F)F)nn1. The maximum absolute atomic E-state index is 13.2. The minimum absolute atomic E-state index is 0.0650. The number of rotatable bonds is 7. The van der Waals surface area contributed by atoms with E-state index in [-0.39, 0.29) is 40.9 Å². The fourth-order valence-electron chi connectivity index (χ4n) is 4.66. The molecule has 1 aromatic carbocycles. The van der Waals surface area contributed by atoms with Crippen LogP contribution in [0.1, 0.15) is 35.3 Å². The summed E-state index contributed by atoms with van der Waals surface area (Å²) in [6.07, 6.45) is -1.06. The summed E-state index contributed by atoms with van der Waals surface area (Å²) in [5.41, 5.74) is -0.800. The first-order valence-corrected chi connectivity index (χ1v) is 11.1. The van der Waals surface area contributed by atoms with Gasteiger partial charge in [-0.2, -0.15) is 13.2 Å². The van der Waals surface area contributed by atoms with Crippen molar-refractivity contribution < 1.29 is 22.8 Å². The summed E-state index contributed by atoms with van der Waals surface area (Å²) in [6, 6.07) is 8.37. The van der Waals surface area contributed by atoms with Gasteiger partial charge in [-0.15, -0.1) is 10.2 Å². The van der Waals surface area contributed by atoms with Crippen molar-refractivity contribution >= 4 is 23.3 Å². The van der Waals surface area contributed by atoms with Crippen molar-refractivity contribution in [3.63, 3.8) is 0 Å². The summed E-state index contributed by atoms with van der Waals surface area (Å²) in [6.45, 7) is 1.79. The van der Waals surface area contributed by atoms with E-state index in [1.807, 2.05) is 4.90 Å². The summed E-state index contributed by atoms with van der Waals surface area (Å²) >= 11 is 0. The van der Waals surface area contributed by atoms with Gasteiger partial charge in [0, 0.05) is 25.6 Å². The number of anilines is 2. The lowest BCUT2D eigenvalue weighted by Crippen LogP contribution is -2.30. The number of hydrogen-bond donors (Lipinski definition) is 2. The molecular formula is C23H24F3N5O2. The minimum Gasteiger partial charge on any atom is -0.355 e. The molecule has 0 spiro atoms. The van der Waals surface area contributed by atoms with Crippen LogP contribution in [0.4, 0.5) is 24.7 Å². The van der Waals surface area contributed by atoms with Gasteiger partial charge in [-0.25, -0.2) is 0 Å². The topological polar surface area (TPSA) is 87.2 Å². The molecule has 33 heavy (non-hydrogen) atoms. The highest BCUT2D eigenvalue weighted by Crippen LogP contribution is 2.53. The predicted molar refractivity (Wildman–Crippen MR) is 114 cm³/mol. The summed E-state index contributed by atoms with van der Waals surface area (Å²) < 4.78 is 39.5. The number of benzene rings is 1. The highest BCUT2D eigenvalue weighted by atomic mass is 19.4. The third-order valence-electron chi connectivity index (χ3n) is 6.73. The predicted octanol–water partition coefficient (Wildman–Crippen LogP) is 3.35. The van der Waals surface area contributed by atoms with Gasteiger partial charge in [0.2, 0.25) is 5.91 Å². The smallest absolute Gasteiger partial charge is 0.355 e. The number of fused-ring (bicyclic) bond motifs is 1. The Morgan fingerprint density at radius 1 is 1.03 bits per heavy atom. The van der Waals surface area contributed by atoms with Crippen molar-refractivity contribution in [2.45, 2.75) is 25.4 Å².